The molecule has 1 rings (SSSR count). The summed E-state index contributed by atoms with van der Waals surface area (Å²) in [5.74, 6) is 2.45. The molecule has 0 aliphatic carbocycles. The highest BCUT2D eigenvalue weighted by atomic mass is 79.9. The number of hydrogen-bond donors (Lipinski definition) is 0. The van der Waals surface area contributed by atoms with Crippen molar-refractivity contribution in [1.29, 1.82) is 0 Å². The second kappa shape index (κ2) is 4.22. The zero-order valence-electron chi connectivity index (χ0n) is 8.34. The number of alkyl halides is 1. The highest BCUT2D eigenvalue weighted by Crippen LogP contribution is 2.25. The highest BCUT2D eigenvalue weighted by Gasteiger charge is 2.32. The molecule has 0 aromatic rings. The first-order valence-electron chi connectivity index (χ1n) is 4.47. The fourth-order valence-corrected chi connectivity index (χ4v) is 2.96. The number of nitrogens with zero attached hydrogens (tertiary/aromatic N) is 1. The van der Waals surface area contributed by atoms with E-state index in [0.29, 0.717) is 6.04 Å². The molecule has 1 unspecified atom stereocenters. The van der Waals surface area contributed by atoms with Gasteiger partial charge >= 0.3 is 0 Å². The summed E-state index contributed by atoms with van der Waals surface area (Å²) in [6.07, 6.45) is 1.13. The van der Waals surface area contributed by atoms with Crippen molar-refractivity contribution in [3.05, 3.63) is 0 Å². The Hall–Kier alpha value is 0.300. The zero-order valence-corrected chi connectivity index (χ0v) is 10.7. The molecule has 1 fully saturated rings. The number of halogens is 1. The van der Waals surface area contributed by atoms with E-state index >= 15 is 0 Å². The Morgan fingerprint density at radius 3 is 2.62 bits per heavy atom. The van der Waals surface area contributed by atoms with E-state index in [4.69, 9.17) is 0 Å². The van der Waals surface area contributed by atoms with Crippen LogP contribution in [0.4, 0.5) is 0 Å². The molecule has 1 atom stereocenters. The largest absolute Gasteiger partial charge is 0.341 e. The molecule has 0 saturated carbocycles. The monoisotopic (exact) mass is 265 g/mol. The molecule has 0 N–H and O–H groups in total. The normalized spacial score (nSPS) is 23.2. The maximum atomic E-state index is 11.8. The lowest BCUT2D eigenvalue weighted by atomic mass is 10.1. The number of rotatable bonds is 2. The van der Waals surface area contributed by atoms with E-state index in [-0.39, 0.29) is 5.91 Å². The molecule has 1 heterocycles. The van der Waals surface area contributed by atoms with Crippen LogP contribution in [0.2, 0.25) is 0 Å². The molecule has 0 aromatic carbocycles. The van der Waals surface area contributed by atoms with Gasteiger partial charge in [0.05, 0.1) is 4.32 Å². The predicted octanol–water partition coefficient (Wildman–Crippen LogP) is 2.12. The number of carbonyl (C=O) groups is 1. The Balaban J connectivity index is 2.56. The quantitative estimate of drug-likeness (QED) is 0.714. The third kappa shape index (κ3) is 2.88. The molecule has 0 radical (unpaired) electrons. The third-order valence-corrected chi connectivity index (χ3v) is 3.77. The van der Waals surface area contributed by atoms with Gasteiger partial charge in [0.15, 0.2) is 0 Å². The molecule has 76 valence electrons. The molecule has 13 heavy (non-hydrogen) atoms. The van der Waals surface area contributed by atoms with Crippen molar-refractivity contribution in [2.75, 3.05) is 18.6 Å². The Kier molecular flexibility index (Phi) is 3.69. The van der Waals surface area contributed by atoms with E-state index in [9.17, 15) is 4.79 Å². The van der Waals surface area contributed by atoms with E-state index in [1.165, 1.54) is 5.75 Å². The fourth-order valence-electron chi connectivity index (χ4n) is 1.41. The van der Waals surface area contributed by atoms with Gasteiger partial charge in [0.2, 0.25) is 5.91 Å². The van der Waals surface area contributed by atoms with Crippen LogP contribution in [-0.4, -0.2) is 39.7 Å². The van der Waals surface area contributed by atoms with Crippen LogP contribution in [0.3, 0.4) is 0 Å². The fraction of sp³-hybridized carbons (Fsp3) is 0.889. The molecular formula is C9H16BrNOS. The van der Waals surface area contributed by atoms with Crippen molar-refractivity contribution >= 4 is 33.6 Å². The average Bonchev–Trinajstić information content (AvgIpc) is 2.51. The summed E-state index contributed by atoms with van der Waals surface area (Å²) in [6, 6.07) is 0.439. The van der Waals surface area contributed by atoms with Gasteiger partial charge in [-0.25, -0.2) is 0 Å². The maximum Gasteiger partial charge on any atom is 0.238 e. The van der Waals surface area contributed by atoms with Crippen molar-refractivity contribution in [3.63, 3.8) is 0 Å². The van der Waals surface area contributed by atoms with Crippen molar-refractivity contribution in [1.82, 2.24) is 4.90 Å². The Morgan fingerprint density at radius 2 is 2.23 bits per heavy atom. The van der Waals surface area contributed by atoms with Gasteiger partial charge in [0, 0.05) is 18.8 Å². The van der Waals surface area contributed by atoms with Crippen molar-refractivity contribution in [2.45, 2.75) is 30.6 Å². The summed E-state index contributed by atoms with van der Waals surface area (Å²) >= 11 is 5.32. The molecule has 0 bridgehead atoms. The summed E-state index contributed by atoms with van der Waals surface area (Å²) < 4.78 is -0.422. The number of carbonyl (C=O) groups excluding carboxylic acids is 1. The van der Waals surface area contributed by atoms with Crippen molar-refractivity contribution in [3.8, 4) is 0 Å². The van der Waals surface area contributed by atoms with Gasteiger partial charge in [0.1, 0.15) is 0 Å². The molecule has 2 nitrogen and oxygen atoms in total. The Labute approximate surface area is 92.6 Å². The van der Waals surface area contributed by atoms with E-state index in [0.717, 1.165) is 12.2 Å². The second-order valence-electron chi connectivity index (χ2n) is 3.91. The Bertz CT molecular complexity index is 196. The Morgan fingerprint density at radius 1 is 1.62 bits per heavy atom. The van der Waals surface area contributed by atoms with Crippen LogP contribution in [0.5, 0.6) is 0 Å². The SMILES string of the molecule is CN(C(=O)C(C)(C)Br)C1CCSC1. The minimum Gasteiger partial charge on any atom is -0.341 e. The highest BCUT2D eigenvalue weighted by molar-refractivity contribution is 9.10. The predicted molar refractivity (Wildman–Crippen MR) is 61.5 cm³/mol. The van der Waals surface area contributed by atoms with Crippen LogP contribution < -0.4 is 0 Å². The first-order chi connectivity index (χ1) is 5.93. The smallest absolute Gasteiger partial charge is 0.238 e. The van der Waals surface area contributed by atoms with Gasteiger partial charge < -0.3 is 4.90 Å². The van der Waals surface area contributed by atoms with Crippen LogP contribution in [0, 0.1) is 0 Å². The van der Waals surface area contributed by atoms with Gasteiger partial charge in [0.25, 0.3) is 0 Å². The van der Waals surface area contributed by atoms with E-state index in [1.54, 1.807) is 0 Å². The summed E-state index contributed by atoms with van der Waals surface area (Å²) in [6.45, 7) is 3.79. The number of amides is 1. The maximum absolute atomic E-state index is 11.8. The summed E-state index contributed by atoms with van der Waals surface area (Å²) in [7, 11) is 1.90. The zero-order chi connectivity index (χ0) is 10.1. The molecular weight excluding hydrogens is 250 g/mol. The summed E-state index contributed by atoms with van der Waals surface area (Å²) in [5, 5.41) is 0. The van der Waals surface area contributed by atoms with Gasteiger partial charge in [-0.05, 0) is 26.0 Å². The standard InChI is InChI=1S/C9H16BrNOS/c1-9(2,10)8(12)11(3)7-4-5-13-6-7/h7H,4-6H2,1-3H3. The van der Waals surface area contributed by atoms with Crippen LogP contribution in [0.25, 0.3) is 0 Å². The summed E-state index contributed by atoms with van der Waals surface area (Å²) in [5.41, 5.74) is 0. The summed E-state index contributed by atoms with van der Waals surface area (Å²) in [4.78, 5) is 13.7. The van der Waals surface area contributed by atoms with Gasteiger partial charge in [-0.1, -0.05) is 15.9 Å². The lowest BCUT2D eigenvalue weighted by Crippen LogP contribution is -2.45. The van der Waals surface area contributed by atoms with Crippen molar-refractivity contribution in [2.24, 2.45) is 0 Å². The van der Waals surface area contributed by atoms with Crippen LogP contribution in [0.15, 0.2) is 0 Å². The lowest BCUT2D eigenvalue weighted by Gasteiger charge is -2.29. The molecule has 1 saturated heterocycles. The minimum atomic E-state index is -0.422. The number of hydrogen-bond acceptors (Lipinski definition) is 2. The minimum absolute atomic E-state index is 0.181. The molecule has 0 aromatic heterocycles. The van der Waals surface area contributed by atoms with Crippen LogP contribution >= 0.6 is 27.7 Å². The topological polar surface area (TPSA) is 20.3 Å². The van der Waals surface area contributed by atoms with Crippen LogP contribution in [-0.2, 0) is 4.79 Å². The molecule has 4 heteroatoms. The number of thioether (sulfide) groups is 1. The van der Waals surface area contributed by atoms with E-state index in [2.05, 4.69) is 15.9 Å². The van der Waals surface area contributed by atoms with E-state index < -0.39 is 4.32 Å². The van der Waals surface area contributed by atoms with Gasteiger partial charge in [-0.2, -0.15) is 11.8 Å². The van der Waals surface area contributed by atoms with Gasteiger partial charge in [-0.15, -0.1) is 0 Å². The average molecular weight is 266 g/mol. The lowest BCUT2D eigenvalue weighted by molar-refractivity contribution is -0.133. The first kappa shape index (κ1) is 11.4. The van der Waals surface area contributed by atoms with Crippen LogP contribution in [0.1, 0.15) is 20.3 Å². The van der Waals surface area contributed by atoms with Crippen molar-refractivity contribution < 1.29 is 4.79 Å². The van der Waals surface area contributed by atoms with Gasteiger partial charge in [-0.3, -0.25) is 4.79 Å². The second-order valence-corrected chi connectivity index (χ2v) is 7.04. The molecule has 1 amide bonds. The molecule has 1 aliphatic heterocycles. The molecule has 1 aliphatic rings. The third-order valence-electron chi connectivity index (χ3n) is 2.28. The molecule has 0 spiro atoms. The first-order valence-corrected chi connectivity index (χ1v) is 6.41. The van der Waals surface area contributed by atoms with E-state index in [1.807, 2.05) is 37.6 Å².